The monoisotopic (exact) mass is 238 g/mol. The summed E-state index contributed by atoms with van der Waals surface area (Å²) in [5.41, 5.74) is 0. The van der Waals surface area contributed by atoms with Gasteiger partial charge in [0.2, 0.25) is 5.91 Å². The Balaban J connectivity index is 2.13. The van der Waals surface area contributed by atoms with Gasteiger partial charge in [-0.2, -0.15) is 0 Å². The third kappa shape index (κ3) is 2.13. The summed E-state index contributed by atoms with van der Waals surface area (Å²) in [5.74, 6) is 0.229. The number of thiophene rings is 1. The number of hydrogen-bond acceptors (Lipinski definition) is 3. The predicted octanol–water partition coefficient (Wildman–Crippen LogP) is 2.37. The first-order valence-corrected chi connectivity index (χ1v) is 6.72. The Bertz CT molecular complexity index is 350. The van der Waals surface area contributed by atoms with Gasteiger partial charge in [-0.25, -0.2) is 0 Å². The van der Waals surface area contributed by atoms with Gasteiger partial charge in [0.1, 0.15) is 6.17 Å². The number of unbranched alkanes of at least 4 members (excludes halogenated alkanes) is 1. The van der Waals surface area contributed by atoms with Crippen molar-refractivity contribution >= 4 is 17.2 Å². The molecule has 0 bridgehead atoms. The summed E-state index contributed by atoms with van der Waals surface area (Å²) in [6.07, 6.45) is 2.28. The Kier molecular flexibility index (Phi) is 3.61. The van der Waals surface area contributed by atoms with Gasteiger partial charge in [0.25, 0.3) is 0 Å². The van der Waals surface area contributed by atoms with Gasteiger partial charge < -0.3 is 4.90 Å². The Labute approximate surface area is 100 Å². The summed E-state index contributed by atoms with van der Waals surface area (Å²) >= 11 is 1.71. The molecule has 0 spiro atoms. The molecule has 0 saturated carbocycles. The first-order valence-electron chi connectivity index (χ1n) is 5.84. The van der Waals surface area contributed by atoms with Crippen LogP contribution in [0.3, 0.4) is 0 Å². The molecule has 1 aromatic rings. The minimum Gasteiger partial charge on any atom is -0.321 e. The molecule has 4 heteroatoms. The number of amides is 1. The minimum absolute atomic E-state index is 0.0519. The summed E-state index contributed by atoms with van der Waals surface area (Å²) in [4.78, 5) is 15.2. The van der Waals surface area contributed by atoms with Crippen LogP contribution in [0, 0.1) is 0 Å². The average Bonchev–Trinajstić information content (AvgIpc) is 2.87. The van der Waals surface area contributed by atoms with Crippen molar-refractivity contribution in [1.29, 1.82) is 0 Å². The molecule has 2 rings (SSSR count). The summed E-state index contributed by atoms with van der Waals surface area (Å²) in [5, 5.41) is 5.41. The molecule has 0 radical (unpaired) electrons. The Morgan fingerprint density at radius 2 is 2.38 bits per heavy atom. The molecule has 3 nitrogen and oxygen atoms in total. The maximum atomic E-state index is 12.0. The third-order valence-electron chi connectivity index (χ3n) is 2.94. The lowest BCUT2D eigenvalue weighted by molar-refractivity contribution is -0.129. The summed E-state index contributed by atoms with van der Waals surface area (Å²) in [6, 6.07) is 4.07. The maximum absolute atomic E-state index is 12.0. The molecule has 88 valence electrons. The number of nitrogens with zero attached hydrogens (tertiary/aromatic N) is 1. The van der Waals surface area contributed by atoms with Crippen molar-refractivity contribution in [3.05, 3.63) is 22.4 Å². The molecule has 1 N–H and O–H groups in total. The molecule has 1 saturated heterocycles. The van der Waals surface area contributed by atoms with Gasteiger partial charge in [0, 0.05) is 11.4 Å². The second-order valence-electron chi connectivity index (χ2n) is 4.19. The van der Waals surface area contributed by atoms with Crippen molar-refractivity contribution in [3.8, 4) is 0 Å². The lowest BCUT2D eigenvalue weighted by atomic mass is 10.3. The summed E-state index contributed by atoms with van der Waals surface area (Å²) < 4.78 is 0. The van der Waals surface area contributed by atoms with Crippen molar-refractivity contribution in [3.63, 3.8) is 0 Å². The van der Waals surface area contributed by atoms with Crippen molar-refractivity contribution in [2.24, 2.45) is 0 Å². The van der Waals surface area contributed by atoms with Gasteiger partial charge in [0.15, 0.2) is 0 Å². The highest BCUT2D eigenvalue weighted by molar-refractivity contribution is 7.10. The Hall–Kier alpha value is -0.870. The fraction of sp³-hybridized carbons (Fsp3) is 0.583. The van der Waals surface area contributed by atoms with E-state index in [9.17, 15) is 4.79 Å². The molecule has 1 aliphatic heterocycles. The van der Waals surface area contributed by atoms with Crippen LogP contribution >= 0.6 is 11.3 Å². The van der Waals surface area contributed by atoms with Crippen molar-refractivity contribution < 1.29 is 4.79 Å². The molecule has 16 heavy (non-hydrogen) atoms. The van der Waals surface area contributed by atoms with E-state index in [0.29, 0.717) is 0 Å². The largest absolute Gasteiger partial charge is 0.321 e. The topological polar surface area (TPSA) is 32.3 Å². The molecule has 0 aliphatic carbocycles. The maximum Gasteiger partial charge on any atom is 0.241 e. The van der Waals surface area contributed by atoms with Crippen LogP contribution in [-0.2, 0) is 4.79 Å². The Morgan fingerprint density at radius 3 is 3.00 bits per heavy atom. The normalized spacial score (nSPS) is 25.4. The molecule has 1 aromatic heterocycles. The SMILES string of the molecule is CCCCN1C(=O)C(C)NC1c1cccs1. The zero-order valence-electron chi connectivity index (χ0n) is 9.77. The van der Waals surface area contributed by atoms with Crippen molar-refractivity contribution in [1.82, 2.24) is 10.2 Å². The predicted molar refractivity (Wildman–Crippen MR) is 66.3 cm³/mol. The molecule has 0 aromatic carbocycles. The standard InChI is InChI=1S/C12H18N2OS/c1-3-4-7-14-11(10-6-5-8-16-10)13-9(2)12(14)15/h5-6,8-9,11,13H,3-4,7H2,1-2H3. The lowest BCUT2D eigenvalue weighted by Gasteiger charge is -2.23. The fourth-order valence-electron chi connectivity index (χ4n) is 2.02. The van der Waals surface area contributed by atoms with Crippen LogP contribution in [0.4, 0.5) is 0 Å². The van der Waals surface area contributed by atoms with E-state index >= 15 is 0 Å². The van der Waals surface area contributed by atoms with E-state index in [1.807, 2.05) is 17.9 Å². The highest BCUT2D eigenvalue weighted by atomic mass is 32.1. The van der Waals surface area contributed by atoms with E-state index < -0.39 is 0 Å². The lowest BCUT2D eigenvalue weighted by Crippen LogP contribution is -2.31. The number of rotatable bonds is 4. The quantitative estimate of drug-likeness (QED) is 0.873. The smallest absolute Gasteiger partial charge is 0.241 e. The average molecular weight is 238 g/mol. The number of nitrogens with one attached hydrogen (secondary N) is 1. The summed E-state index contributed by atoms with van der Waals surface area (Å²) in [6.45, 7) is 4.95. The molecule has 2 heterocycles. The molecule has 2 atom stereocenters. The van der Waals surface area contributed by atoms with Crippen LogP contribution in [0.25, 0.3) is 0 Å². The van der Waals surface area contributed by atoms with Crippen LogP contribution in [0.15, 0.2) is 17.5 Å². The molecule has 1 amide bonds. The van der Waals surface area contributed by atoms with Gasteiger partial charge in [-0.1, -0.05) is 19.4 Å². The van der Waals surface area contributed by atoms with Gasteiger partial charge >= 0.3 is 0 Å². The first kappa shape index (κ1) is 11.6. The minimum atomic E-state index is -0.0519. The van der Waals surface area contributed by atoms with Crippen LogP contribution < -0.4 is 5.32 Å². The second-order valence-corrected chi connectivity index (χ2v) is 5.17. The second kappa shape index (κ2) is 4.97. The highest BCUT2D eigenvalue weighted by Crippen LogP contribution is 2.28. The number of hydrogen-bond donors (Lipinski definition) is 1. The fourth-order valence-corrected chi connectivity index (χ4v) is 2.82. The van der Waals surface area contributed by atoms with Crippen LogP contribution in [0.1, 0.15) is 37.7 Å². The van der Waals surface area contributed by atoms with E-state index in [-0.39, 0.29) is 18.1 Å². The first-order chi connectivity index (χ1) is 7.74. The van der Waals surface area contributed by atoms with E-state index in [1.165, 1.54) is 4.88 Å². The van der Waals surface area contributed by atoms with Gasteiger partial charge in [-0.05, 0) is 24.8 Å². The zero-order chi connectivity index (χ0) is 11.5. The molecule has 1 aliphatic rings. The van der Waals surface area contributed by atoms with Gasteiger partial charge in [-0.3, -0.25) is 10.1 Å². The van der Waals surface area contributed by atoms with E-state index in [0.717, 1.165) is 19.4 Å². The molecular formula is C12H18N2OS. The number of carbonyl (C=O) groups excluding carboxylic acids is 1. The van der Waals surface area contributed by atoms with E-state index in [4.69, 9.17) is 0 Å². The Morgan fingerprint density at radius 1 is 1.56 bits per heavy atom. The zero-order valence-corrected chi connectivity index (χ0v) is 10.6. The van der Waals surface area contributed by atoms with Crippen LogP contribution in [0.2, 0.25) is 0 Å². The van der Waals surface area contributed by atoms with Crippen molar-refractivity contribution in [2.75, 3.05) is 6.54 Å². The number of carbonyl (C=O) groups is 1. The molecule has 2 unspecified atom stereocenters. The van der Waals surface area contributed by atoms with Crippen LogP contribution in [-0.4, -0.2) is 23.4 Å². The van der Waals surface area contributed by atoms with Gasteiger partial charge in [0.05, 0.1) is 6.04 Å². The highest BCUT2D eigenvalue weighted by Gasteiger charge is 2.36. The summed E-state index contributed by atoms with van der Waals surface area (Å²) in [7, 11) is 0. The molecule has 1 fully saturated rings. The third-order valence-corrected chi connectivity index (χ3v) is 3.86. The van der Waals surface area contributed by atoms with Crippen molar-refractivity contribution in [2.45, 2.75) is 38.9 Å². The van der Waals surface area contributed by atoms with Crippen LogP contribution in [0.5, 0.6) is 0 Å². The van der Waals surface area contributed by atoms with Gasteiger partial charge in [-0.15, -0.1) is 11.3 Å². The van der Waals surface area contributed by atoms with E-state index in [1.54, 1.807) is 11.3 Å². The molecular weight excluding hydrogens is 220 g/mol. The van der Waals surface area contributed by atoms with E-state index in [2.05, 4.69) is 23.7 Å².